The van der Waals surface area contributed by atoms with E-state index in [0.29, 0.717) is 10.6 Å². The molecule has 5 rings (SSSR count). The molecular formula is C28H28ClN3O. The van der Waals surface area contributed by atoms with Gasteiger partial charge in [0.1, 0.15) is 0 Å². The third-order valence-electron chi connectivity index (χ3n) is 6.50. The highest BCUT2D eigenvalue weighted by atomic mass is 35.5. The first kappa shape index (κ1) is 21.9. The number of halogens is 1. The largest absolute Gasteiger partial charge is 0.308 e. The smallest absolute Gasteiger partial charge is 0.259 e. The number of nitrogens with zero attached hydrogens (tertiary/aromatic N) is 3. The van der Waals surface area contributed by atoms with Crippen LogP contribution in [0.1, 0.15) is 40.7 Å². The summed E-state index contributed by atoms with van der Waals surface area (Å²) in [6, 6.07) is 17.9. The Balaban J connectivity index is 1.36. The van der Waals surface area contributed by atoms with Gasteiger partial charge in [0.05, 0.1) is 11.3 Å². The van der Waals surface area contributed by atoms with Crippen LogP contribution in [0.5, 0.6) is 0 Å². The number of fused-ring (bicyclic) bond motifs is 1. The van der Waals surface area contributed by atoms with Gasteiger partial charge in [0.25, 0.3) is 5.91 Å². The third kappa shape index (κ3) is 4.87. The van der Waals surface area contributed by atoms with E-state index in [9.17, 15) is 4.79 Å². The van der Waals surface area contributed by atoms with E-state index >= 15 is 0 Å². The summed E-state index contributed by atoms with van der Waals surface area (Å²) < 4.78 is 0. The summed E-state index contributed by atoms with van der Waals surface area (Å²) in [4.78, 5) is 22.2. The molecule has 4 nitrogen and oxygen atoms in total. The number of aromatic nitrogens is 1. The van der Waals surface area contributed by atoms with E-state index in [-0.39, 0.29) is 5.91 Å². The van der Waals surface area contributed by atoms with Crippen LogP contribution in [-0.4, -0.2) is 42.5 Å². The molecule has 1 aromatic heterocycles. The van der Waals surface area contributed by atoms with Crippen LogP contribution in [0.25, 0.3) is 17.3 Å². The predicted octanol–water partition coefficient (Wildman–Crippen LogP) is 6.10. The maximum Gasteiger partial charge on any atom is 0.259 e. The Hall–Kier alpha value is -2.95. The third-order valence-corrected chi connectivity index (χ3v) is 6.75. The van der Waals surface area contributed by atoms with E-state index in [1.165, 1.54) is 36.1 Å². The molecule has 0 saturated carbocycles. The Labute approximate surface area is 200 Å². The van der Waals surface area contributed by atoms with Crippen molar-refractivity contribution in [2.75, 3.05) is 31.6 Å². The number of carbonyl (C=O) groups excluding carboxylic acids is 1. The van der Waals surface area contributed by atoms with Crippen LogP contribution in [-0.2, 0) is 6.42 Å². The molecule has 168 valence electrons. The molecule has 1 saturated heterocycles. The number of likely N-dealkylation sites (tertiary alicyclic amines) is 1. The molecule has 2 aliphatic rings. The molecule has 0 aliphatic carbocycles. The van der Waals surface area contributed by atoms with Crippen LogP contribution in [0.4, 0.5) is 5.69 Å². The van der Waals surface area contributed by atoms with Crippen LogP contribution >= 0.6 is 11.6 Å². The number of likely N-dealkylation sites (N-methyl/N-ethyl adjacent to an activating group) is 1. The summed E-state index contributed by atoms with van der Waals surface area (Å²) >= 11 is 5.98. The normalized spacial score (nSPS) is 17.8. The average Bonchev–Trinajstić information content (AvgIpc) is 2.84. The van der Waals surface area contributed by atoms with Gasteiger partial charge in [0.2, 0.25) is 0 Å². The van der Waals surface area contributed by atoms with Gasteiger partial charge < -0.3 is 9.80 Å². The van der Waals surface area contributed by atoms with E-state index < -0.39 is 0 Å². The molecule has 33 heavy (non-hydrogen) atoms. The van der Waals surface area contributed by atoms with Crippen molar-refractivity contribution < 1.29 is 4.79 Å². The fourth-order valence-electron chi connectivity index (χ4n) is 4.82. The number of rotatable bonds is 3. The van der Waals surface area contributed by atoms with Crippen molar-refractivity contribution in [2.24, 2.45) is 0 Å². The van der Waals surface area contributed by atoms with Gasteiger partial charge in [0, 0.05) is 35.6 Å². The van der Waals surface area contributed by atoms with Crippen LogP contribution in [0, 0.1) is 0 Å². The number of anilines is 1. The van der Waals surface area contributed by atoms with E-state index in [0.717, 1.165) is 42.9 Å². The molecular weight excluding hydrogens is 430 g/mol. The Kier molecular flexibility index (Phi) is 6.30. The zero-order valence-electron chi connectivity index (χ0n) is 18.9. The maximum absolute atomic E-state index is 13.3. The standard InChI is InChI=1S/C28H28ClN3O/c1-31-14-2-4-21(19-31)16-20-6-13-27-23(17-20)5-3-15-32(27)28(33)24-9-12-26(30-18-24)22-7-10-25(29)11-8-22/h6-13,16-18H,2-5,14-15,19H2,1H3. The SMILES string of the molecule is CN1CCCC(=Cc2ccc3c(c2)CCCN3C(=O)c2ccc(-c3ccc(Cl)cc3)nc2)C1. The van der Waals surface area contributed by atoms with Crippen molar-refractivity contribution in [1.82, 2.24) is 9.88 Å². The van der Waals surface area contributed by atoms with E-state index in [1.807, 2.05) is 41.3 Å². The lowest BCUT2D eigenvalue weighted by Gasteiger charge is -2.30. The highest BCUT2D eigenvalue weighted by molar-refractivity contribution is 6.30. The molecule has 1 amide bonds. The van der Waals surface area contributed by atoms with E-state index in [4.69, 9.17) is 11.6 Å². The molecule has 3 heterocycles. The molecule has 0 bridgehead atoms. The van der Waals surface area contributed by atoms with Gasteiger partial charge in [-0.25, -0.2) is 0 Å². The minimum absolute atomic E-state index is 0.00566. The Morgan fingerprint density at radius 2 is 1.82 bits per heavy atom. The second kappa shape index (κ2) is 9.50. The number of hydrogen-bond donors (Lipinski definition) is 0. The van der Waals surface area contributed by atoms with Gasteiger partial charge in [-0.15, -0.1) is 0 Å². The summed E-state index contributed by atoms with van der Waals surface area (Å²) in [6.07, 6.45) is 8.38. The lowest BCUT2D eigenvalue weighted by Crippen LogP contribution is -2.35. The second-order valence-corrected chi connectivity index (χ2v) is 9.47. The van der Waals surface area contributed by atoms with Crippen molar-refractivity contribution >= 4 is 29.3 Å². The number of piperidine rings is 1. The number of pyridine rings is 1. The fourth-order valence-corrected chi connectivity index (χ4v) is 4.95. The van der Waals surface area contributed by atoms with Crippen LogP contribution in [0.2, 0.25) is 5.02 Å². The minimum atomic E-state index is 0.00566. The molecule has 0 N–H and O–H groups in total. The fraction of sp³-hybridized carbons (Fsp3) is 0.286. The predicted molar refractivity (Wildman–Crippen MR) is 136 cm³/mol. The monoisotopic (exact) mass is 457 g/mol. The molecule has 2 aliphatic heterocycles. The summed E-state index contributed by atoms with van der Waals surface area (Å²) in [7, 11) is 2.18. The van der Waals surface area contributed by atoms with Crippen molar-refractivity contribution in [3.63, 3.8) is 0 Å². The Bertz CT molecular complexity index is 1180. The zero-order valence-corrected chi connectivity index (χ0v) is 19.7. The number of carbonyl (C=O) groups is 1. The Morgan fingerprint density at radius 1 is 1.00 bits per heavy atom. The highest BCUT2D eigenvalue weighted by Gasteiger charge is 2.24. The first-order valence-corrected chi connectivity index (χ1v) is 12.0. The van der Waals surface area contributed by atoms with Gasteiger partial charge in [-0.3, -0.25) is 9.78 Å². The summed E-state index contributed by atoms with van der Waals surface area (Å²) in [5.74, 6) is 0.00566. The molecule has 3 aromatic rings. The lowest BCUT2D eigenvalue weighted by atomic mass is 9.96. The van der Waals surface area contributed by atoms with E-state index in [1.54, 1.807) is 6.20 Å². The number of hydrogen-bond acceptors (Lipinski definition) is 3. The first-order valence-electron chi connectivity index (χ1n) is 11.6. The van der Waals surface area contributed by atoms with Gasteiger partial charge >= 0.3 is 0 Å². The van der Waals surface area contributed by atoms with Gasteiger partial charge in [-0.2, -0.15) is 0 Å². The van der Waals surface area contributed by atoms with E-state index in [2.05, 4.69) is 41.2 Å². The van der Waals surface area contributed by atoms with Gasteiger partial charge in [-0.1, -0.05) is 41.4 Å². The topological polar surface area (TPSA) is 36.4 Å². The van der Waals surface area contributed by atoms with Crippen LogP contribution < -0.4 is 4.90 Å². The van der Waals surface area contributed by atoms with Crippen molar-refractivity contribution in [2.45, 2.75) is 25.7 Å². The average molecular weight is 458 g/mol. The van der Waals surface area contributed by atoms with Gasteiger partial charge in [-0.05, 0) is 86.8 Å². The van der Waals surface area contributed by atoms with Crippen molar-refractivity contribution in [3.05, 3.63) is 88.1 Å². The molecule has 1 fully saturated rings. The van der Waals surface area contributed by atoms with Crippen LogP contribution in [0.15, 0.2) is 66.4 Å². The molecule has 0 unspecified atom stereocenters. The second-order valence-electron chi connectivity index (χ2n) is 9.03. The molecule has 0 atom stereocenters. The van der Waals surface area contributed by atoms with Crippen LogP contribution in [0.3, 0.4) is 0 Å². The van der Waals surface area contributed by atoms with Crippen molar-refractivity contribution in [1.29, 1.82) is 0 Å². The first-order chi connectivity index (χ1) is 16.1. The highest BCUT2D eigenvalue weighted by Crippen LogP contribution is 2.31. The van der Waals surface area contributed by atoms with Gasteiger partial charge in [0.15, 0.2) is 0 Å². The zero-order chi connectivity index (χ0) is 22.8. The summed E-state index contributed by atoms with van der Waals surface area (Å²) in [6.45, 7) is 2.95. The maximum atomic E-state index is 13.3. The lowest BCUT2D eigenvalue weighted by molar-refractivity contribution is 0.0985. The number of benzene rings is 2. The molecule has 5 heteroatoms. The minimum Gasteiger partial charge on any atom is -0.308 e. The number of aryl methyl sites for hydroxylation is 1. The Morgan fingerprint density at radius 3 is 2.58 bits per heavy atom. The van der Waals surface area contributed by atoms with Crippen molar-refractivity contribution in [3.8, 4) is 11.3 Å². The summed E-state index contributed by atoms with van der Waals surface area (Å²) in [5.41, 5.74) is 7.41. The molecule has 0 spiro atoms. The number of amides is 1. The quantitative estimate of drug-likeness (QED) is 0.476. The summed E-state index contributed by atoms with van der Waals surface area (Å²) in [5, 5.41) is 0.694. The molecule has 0 radical (unpaired) electrons. The molecule has 2 aromatic carbocycles.